The van der Waals surface area contributed by atoms with Gasteiger partial charge < -0.3 is 5.32 Å². The lowest BCUT2D eigenvalue weighted by Gasteiger charge is -2.25. The normalized spacial score (nSPS) is 15.4. The van der Waals surface area contributed by atoms with Crippen molar-refractivity contribution in [3.8, 4) is 0 Å². The molecule has 1 N–H and O–H groups in total. The van der Waals surface area contributed by atoms with E-state index in [-0.39, 0.29) is 5.69 Å². The number of anilines is 1. The Kier molecular flexibility index (Phi) is 3.84. The zero-order valence-electron chi connectivity index (χ0n) is 9.49. The maximum Gasteiger partial charge on any atom is 0.271 e. The first-order valence-corrected chi connectivity index (χ1v) is 6.22. The van der Waals surface area contributed by atoms with Crippen molar-refractivity contribution in [1.82, 2.24) is 0 Å². The zero-order chi connectivity index (χ0) is 12.3. The Balaban J connectivity index is 1.89. The Hall–Kier alpha value is -1.29. The quantitative estimate of drug-likeness (QED) is 0.641. The zero-order valence-corrected chi connectivity index (χ0v) is 10.2. The van der Waals surface area contributed by atoms with Crippen LogP contribution in [0.5, 0.6) is 0 Å². The molecule has 0 saturated heterocycles. The first-order chi connectivity index (χ1) is 8.16. The minimum atomic E-state index is -0.440. The predicted molar refractivity (Wildman–Crippen MR) is 68.6 cm³/mol. The highest BCUT2D eigenvalue weighted by atomic mass is 35.5. The van der Waals surface area contributed by atoms with Crippen LogP contribution < -0.4 is 5.32 Å². The second-order valence-electron chi connectivity index (χ2n) is 4.43. The van der Waals surface area contributed by atoms with Crippen LogP contribution in [0.15, 0.2) is 18.2 Å². The molecule has 0 spiro atoms. The Morgan fingerprint density at radius 3 is 2.76 bits per heavy atom. The number of hydrogen-bond donors (Lipinski definition) is 1. The average molecular weight is 255 g/mol. The molecule has 1 saturated carbocycles. The molecule has 2 rings (SSSR count). The summed E-state index contributed by atoms with van der Waals surface area (Å²) in [6.07, 6.45) is 5.15. The lowest BCUT2D eigenvalue weighted by molar-refractivity contribution is -0.384. The van der Waals surface area contributed by atoms with Crippen LogP contribution in [0.25, 0.3) is 0 Å². The molecule has 0 radical (unpaired) electrons. The van der Waals surface area contributed by atoms with Crippen molar-refractivity contribution < 1.29 is 4.92 Å². The second kappa shape index (κ2) is 5.36. The van der Waals surface area contributed by atoms with E-state index >= 15 is 0 Å². The highest BCUT2D eigenvalue weighted by molar-refractivity contribution is 6.33. The van der Waals surface area contributed by atoms with Crippen LogP contribution >= 0.6 is 11.6 Å². The van der Waals surface area contributed by atoms with Crippen LogP contribution in [0.4, 0.5) is 11.4 Å². The van der Waals surface area contributed by atoms with E-state index in [2.05, 4.69) is 5.32 Å². The molecule has 1 fully saturated rings. The van der Waals surface area contributed by atoms with Gasteiger partial charge in [0, 0.05) is 18.7 Å². The third kappa shape index (κ3) is 3.09. The van der Waals surface area contributed by atoms with Crippen LogP contribution in [0.3, 0.4) is 0 Å². The lowest BCUT2D eigenvalue weighted by Crippen LogP contribution is -2.15. The van der Waals surface area contributed by atoms with Gasteiger partial charge in [0.1, 0.15) is 0 Å². The van der Waals surface area contributed by atoms with Crippen LogP contribution in [0.2, 0.25) is 5.02 Å². The summed E-state index contributed by atoms with van der Waals surface area (Å²) in [5.74, 6) is 0.847. The molecular weight excluding hydrogens is 240 g/mol. The van der Waals surface area contributed by atoms with Gasteiger partial charge in [0.15, 0.2) is 0 Å². The van der Waals surface area contributed by atoms with Crippen molar-refractivity contribution in [1.29, 1.82) is 0 Å². The van der Waals surface area contributed by atoms with Crippen molar-refractivity contribution in [2.24, 2.45) is 5.92 Å². The van der Waals surface area contributed by atoms with E-state index in [1.54, 1.807) is 6.07 Å². The molecule has 0 amide bonds. The SMILES string of the molecule is O=[N+]([O-])c1ccc(NCCC2CCC2)c(Cl)c1. The van der Waals surface area contributed by atoms with Gasteiger partial charge in [0.05, 0.1) is 15.6 Å². The predicted octanol–water partition coefficient (Wildman–Crippen LogP) is 3.85. The van der Waals surface area contributed by atoms with Crippen LogP contribution in [-0.2, 0) is 0 Å². The first-order valence-electron chi connectivity index (χ1n) is 5.84. The Morgan fingerprint density at radius 1 is 1.47 bits per heavy atom. The Bertz CT molecular complexity index is 419. The summed E-state index contributed by atoms with van der Waals surface area (Å²) in [5, 5.41) is 14.2. The molecule has 92 valence electrons. The molecule has 0 aromatic heterocycles. The standard InChI is InChI=1S/C12H15ClN2O2/c13-11-8-10(15(16)17)4-5-12(11)14-7-6-9-2-1-3-9/h4-5,8-9,14H,1-3,6-7H2. The van der Waals surface area contributed by atoms with Gasteiger partial charge in [0.25, 0.3) is 5.69 Å². The third-order valence-electron chi connectivity index (χ3n) is 3.26. The largest absolute Gasteiger partial charge is 0.384 e. The van der Waals surface area contributed by atoms with Gasteiger partial charge in [-0.05, 0) is 18.4 Å². The second-order valence-corrected chi connectivity index (χ2v) is 4.84. The monoisotopic (exact) mass is 254 g/mol. The molecule has 17 heavy (non-hydrogen) atoms. The summed E-state index contributed by atoms with van der Waals surface area (Å²) >= 11 is 5.97. The maximum atomic E-state index is 10.5. The number of nitrogens with one attached hydrogen (secondary N) is 1. The number of nitro groups is 1. The molecule has 5 heteroatoms. The molecule has 1 aliphatic carbocycles. The number of nitro benzene ring substituents is 1. The van der Waals surface area contributed by atoms with Crippen molar-refractivity contribution in [2.45, 2.75) is 25.7 Å². The average Bonchev–Trinajstić information content (AvgIpc) is 2.23. The number of non-ortho nitro benzene ring substituents is 1. The molecule has 1 aliphatic rings. The molecule has 0 aliphatic heterocycles. The minimum absolute atomic E-state index is 0.0274. The molecule has 1 aromatic carbocycles. The van der Waals surface area contributed by atoms with E-state index in [1.807, 2.05) is 0 Å². The van der Waals surface area contributed by atoms with Gasteiger partial charge in [-0.15, -0.1) is 0 Å². The van der Waals surface area contributed by atoms with Gasteiger partial charge in [-0.25, -0.2) is 0 Å². The van der Waals surface area contributed by atoms with E-state index in [0.717, 1.165) is 24.6 Å². The van der Waals surface area contributed by atoms with E-state index in [9.17, 15) is 10.1 Å². The van der Waals surface area contributed by atoms with Crippen molar-refractivity contribution in [3.05, 3.63) is 33.3 Å². The molecular formula is C12H15ClN2O2. The molecule has 0 unspecified atom stereocenters. The minimum Gasteiger partial charge on any atom is -0.384 e. The van der Waals surface area contributed by atoms with Gasteiger partial charge in [-0.1, -0.05) is 30.9 Å². The highest BCUT2D eigenvalue weighted by Gasteiger charge is 2.16. The molecule has 0 bridgehead atoms. The maximum absolute atomic E-state index is 10.5. The van der Waals surface area contributed by atoms with Crippen LogP contribution in [0, 0.1) is 16.0 Å². The molecule has 0 heterocycles. The van der Waals surface area contributed by atoms with Gasteiger partial charge in [-0.3, -0.25) is 10.1 Å². The smallest absolute Gasteiger partial charge is 0.271 e. The lowest BCUT2D eigenvalue weighted by atomic mass is 9.83. The third-order valence-corrected chi connectivity index (χ3v) is 3.57. The number of rotatable bonds is 5. The Morgan fingerprint density at radius 2 is 2.24 bits per heavy atom. The van der Waals surface area contributed by atoms with Crippen molar-refractivity contribution in [3.63, 3.8) is 0 Å². The Labute approximate surface area is 105 Å². The fraction of sp³-hybridized carbons (Fsp3) is 0.500. The van der Waals surface area contributed by atoms with Crippen LogP contribution in [-0.4, -0.2) is 11.5 Å². The first kappa shape index (κ1) is 12.2. The molecule has 1 aromatic rings. The summed E-state index contributed by atoms with van der Waals surface area (Å²) in [4.78, 5) is 10.1. The summed E-state index contributed by atoms with van der Waals surface area (Å²) in [5.41, 5.74) is 0.802. The summed E-state index contributed by atoms with van der Waals surface area (Å²) in [6, 6.07) is 4.52. The van der Waals surface area contributed by atoms with E-state index in [1.165, 1.54) is 31.4 Å². The summed E-state index contributed by atoms with van der Waals surface area (Å²) in [6.45, 7) is 0.877. The number of halogens is 1. The number of hydrogen-bond acceptors (Lipinski definition) is 3. The number of nitrogens with zero attached hydrogens (tertiary/aromatic N) is 1. The van der Waals surface area contributed by atoms with Gasteiger partial charge in [0.2, 0.25) is 0 Å². The van der Waals surface area contributed by atoms with E-state index in [4.69, 9.17) is 11.6 Å². The van der Waals surface area contributed by atoms with E-state index < -0.39 is 4.92 Å². The summed E-state index contributed by atoms with van der Waals surface area (Å²) < 4.78 is 0. The highest BCUT2D eigenvalue weighted by Crippen LogP contribution is 2.30. The van der Waals surface area contributed by atoms with E-state index in [0.29, 0.717) is 5.02 Å². The van der Waals surface area contributed by atoms with Gasteiger partial charge >= 0.3 is 0 Å². The van der Waals surface area contributed by atoms with Crippen LogP contribution in [0.1, 0.15) is 25.7 Å². The fourth-order valence-electron chi connectivity index (χ4n) is 1.95. The fourth-order valence-corrected chi connectivity index (χ4v) is 2.19. The van der Waals surface area contributed by atoms with Crippen molar-refractivity contribution in [2.75, 3.05) is 11.9 Å². The molecule has 0 atom stereocenters. The summed E-state index contributed by atoms with van der Waals surface area (Å²) in [7, 11) is 0. The topological polar surface area (TPSA) is 55.2 Å². The number of benzene rings is 1. The van der Waals surface area contributed by atoms with Crippen molar-refractivity contribution >= 4 is 23.0 Å². The molecule has 4 nitrogen and oxygen atoms in total. The van der Waals surface area contributed by atoms with Gasteiger partial charge in [-0.2, -0.15) is 0 Å².